The molecule has 0 unspecified atom stereocenters. The third-order valence-corrected chi connectivity index (χ3v) is 3.54. The molecule has 1 amide bonds. The average Bonchev–Trinajstić information content (AvgIpc) is 2.54. The van der Waals surface area contributed by atoms with E-state index in [-0.39, 0.29) is 18.1 Å². The summed E-state index contributed by atoms with van der Waals surface area (Å²) in [5, 5.41) is 13.6. The summed E-state index contributed by atoms with van der Waals surface area (Å²) in [5.74, 6) is 0.292. The molecule has 0 fully saturated rings. The molecular weight excluding hydrogens is 304 g/mol. The largest absolute Gasteiger partial charge is 0.504 e. The lowest BCUT2D eigenvalue weighted by Crippen LogP contribution is -2.20. The summed E-state index contributed by atoms with van der Waals surface area (Å²) in [6, 6.07) is 10.9. The molecule has 0 aliphatic heterocycles. The summed E-state index contributed by atoms with van der Waals surface area (Å²) in [5.41, 5.74) is 6.44. The molecule has 0 heterocycles. The van der Waals surface area contributed by atoms with Gasteiger partial charge in [-0.2, -0.15) is 5.10 Å². The molecule has 126 valence electrons. The van der Waals surface area contributed by atoms with Crippen LogP contribution < -0.4 is 10.2 Å². The highest BCUT2D eigenvalue weighted by atomic mass is 16.5. The predicted molar refractivity (Wildman–Crippen MR) is 94.6 cm³/mol. The van der Waals surface area contributed by atoms with Crippen LogP contribution in [-0.4, -0.2) is 23.8 Å². The van der Waals surface area contributed by atoms with Crippen molar-refractivity contribution < 1.29 is 14.6 Å². The van der Waals surface area contributed by atoms with E-state index in [9.17, 15) is 9.90 Å². The van der Waals surface area contributed by atoms with Crippen molar-refractivity contribution in [3.05, 3.63) is 58.7 Å². The van der Waals surface area contributed by atoms with E-state index in [0.717, 1.165) is 22.3 Å². The van der Waals surface area contributed by atoms with Gasteiger partial charge in [0, 0.05) is 0 Å². The number of rotatable bonds is 6. The van der Waals surface area contributed by atoms with Gasteiger partial charge in [0.05, 0.1) is 19.2 Å². The van der Waals surface area contributed by atoms with Gasteiger partial charge >= 0.3 is 0 Å². The van der Waals surface area contributed by atoms with Gasteiger partial charge in [0.15, 0.2) is 11.5 Å². The molecule has 2 N–H and O–H groups in total. The minimum atomic E-state index is -0.177. The number of aryl methyl sites for hydroxylation is 2. The van der Waals surface area contributed by atoms with E-state index in [4.69, 9.17) is 4.74 Å². The van der Waals surface area contributed by atoms with E-state index in [2.05, 4.69) is 10.5 Å². The number of hydrazone groups is 1. The number of ether oxygens (including phenoxy) is 1. The number of carbonyl (C=O) groups is 1. The number of amides is 1. The Morgan fingerprint density at radius 3 is 2.79 bits per heavy atom. The Morgan fingerprint density at radius 2 is 2.04 bits per heavy atom. The van der Waals surface area contributed by atoms with Gasteiger partial charge in [-0.1, -0.05) is 23.8 Å². The van der Waals surface area contributed by atoms with Crippen molar-refractivity contribution in [2.75, 3.05) is 6.61 Å². The second kappa shape index (κ2) is 8.15. The summed E-state index contributed by atoms with van der Waals surface area (Å²) >= 11 is 0. The normalized spacial score (nSPS) is 10.8. The number of carbonyl (C=O) groups excluding carboxylic acids is 1. The number of phenols is 1. The molecule has 0 spiro atoms. The van der Waals surface area contributed by atoms with Crippen molar-refractivity contribution in [2.24, 2.45) is 5.10 Å². The fourth-order valence-corrected chi connectivity index (χ4v) is 2.26. The first-order valence-electron chi connectivity index (χ1n) is 7.83. The van der Waals surface area contributed by atoms with Crippen LogP contribution in [0.1, 0.15) is 29.2 Å². The summed E-state index contributed by atoms with van der Waals surface area (Å²) in [4.78, 5) is 12.0. The molecule has 2 aromatic rings. The summed E-state index contributed by atoms with van der Waals surface area (Å²) in [7, 11) is 0. The van der Waals surface area contributed by atoms with Gasteiger partial charge < -0.3 is 9.84 Å². The number of aromatic hydroxyl groups is 1. The van der Waals surface area contributed by atoms with E-state index in [0.29, 0.717) is 12.4 Å². The molecule has 5 nitrogen and oxygen atoms in total. The van der Waals surface area contributed by atoms with E-state index in [1.54, 1.807) is 12.1 Å². The standard InChI is InChI=1S/C19H22N2O3/c1-4-24-18-10-15(7-8-17(18)22)12-20-21-19(23)11-16-9-13(2)5-6-14(16)3/h5-10,12,22H,4,11H2,1-3H3,(H,21,23)/b20-12+. The van der Waals surface area contributed by atoms with Crippen LogP contribution in [0.4, 0.5) is 0 Å². The molecule has 2 rings (SSSR count). The first-order chi connectivity index (χ1) is 11.5. The van der Waals surface area contributed by atoms with Crippen LogP contribution in [0, 0.1) is 13.8 Å². The van der Waals surface area contributed by atoms with E-state index >= 15 is 0 Å². The Labute approximate surface area is 142 Å². The van der Waals surface area contributed by atoms with Crippen LogP contribution >= 0.6 is 0 Å². The Balaban J connectivity index is 1.97. The van der Waals surface area contributed by atoms with Crippen LogP contribution in [-0.2, 0) is 11.2 Å². The van der Waals surface area contributed by atoms with Crippen LogP contribution in [0.15, 0.2) is 41.5 Å². The summed E-state index contributed by atoms with van der Waals surface area (Å²) < 4.78 is 5.31. The molecular formula is C19H22N2O3. The predicted octanol–water partition coefficient (Wildman–Crippen LogP) is 3.10. The first-order valence-corrected chi connectivity index (χ1v) is 7.83. The smallest absolute Gasteiger partial charge is 0.244 e. The van der Waals surface area contributed by atoms with Gasteiger partial charge in [-0.05, 0) is 55.7 Å². The zero-order chi connectivity index (χ0) is 17.5. The maximum absolute atomic E-state index is 12.0. The molecule has 0 radical (unpaired) electrons. The Morgan fingerprint density at radius 1 is 1.25 bits per heavy atom. The third-order valence-electron chi connectivity index (χ3n) is 3.54. The van der Waals surface area contributed by atoms with Gasteiger partial charge in [-0.15, -0.1) is 0 Å². The molecule has 0 saturated carbocycles. The second-order valence-corrected chi connectivity index (χ2v) is 5.56. The number of hydrogen-bond acceptors (Lipinski definition) is 4. The van der Waals surface area contributed by atoms with E-state index in [1.807, 2.05) is 39.0 Å². The number of nitrogens with one attached hydrogen (secondary N) is 1. The zero-order valence-corrected chi connectivity index (χ0v) is 14.2. The van der Waals surface area contributed by atoms with Crippen LogP contribution in [0.3, 0.4) is 0 Å². The first kappa shape index (κ1) is 17.5. The minimum absolute atomic E-state index is 0.0768. The lowest BCUT2D eigenvalue weighted by Gasteiger charge is -2.07. The monoisotopic (exact) mass is 326 g/mol. The van der Waals surface area contributed by atoms with Gasteiger partial charge in [0.25, 0.3) is 0 Å². The molecule has 0 aliphatic rings. The topological polar surface area (TPSA) is 70.9 Å². The van der Waals surface area contributed by atoms with Crippen molar-refractivity contribution in [3.8, 4) is 11.5 Å². The minimum Gasteiger partial charge on any atom is -0.504 e. The molecule has 24 heavy (non-hydrogen) atoms. The lowest BCUT2D eigenvalue weighted by molar-refractivity contribution is -0.120. The van der Waals surface area contributed by atoms with Gasteiger partial charge in [0.2, 0.25) is 5.91 Å². The van der Waals surface area contributed by atoms with Crippen molar-refractivity contribution >= 4 is 12.1 Å². The van der Waals surface area contributed by atoms with Crippen molar-refractivity contribution in [2.45, 2.75) is 27.2 Å². The molecule has 5 heteroatoms. The zero-order valence-electron chi connectivity index (χ0n) is 14.2. The van der Waals surface area contributed by atoms with Crippen LogP contribution in [0.5, 0.6) is 11.5 Å². The summed E-state index contributed by atoms with van der Waals surface area (Å²) in [6.07, 6.45) is 1.80. The molecule has 0 atom stereocenters. The molecule has 0 saturated heterocycles. The molecule has 0 bridgehead atoms. The highest BCUT2D eigenvalue weighted by Gasteiger charge is 2.06. The molecule has 2 aromatic carbocycles. The maximum Gasteiger partial charge on any atom is 0.244 e. The van der Waals surface area contributed by atoms with Crippen molar-refractivity contribution in [3.63, 3.8) is 0 Å². The second-order valence-electron chi connectivity index (χ2n) is 5.56. The fourth-order valence-electron chi connectivity index (χ4n) is 2.26. The molecule has 0 aromatic heterocycles. The Kier molecular flexibility index (Phi) is 5.95. The molecule has 0 aliphatic carbocycles. The van der Waals surface area contributed by atoms with E-state index in [1.165, 1.54) is 12.3 Å². The van der Waals surface area contributed by atoms with Gasteiger partial charge in [0.1, 0.15) is 0 Å². The maximum atomic E-state index is 12.0. The van der Waals surface area contributed by atoms with Gasteiger partial charge in [-0.3, -0.25) is 4.79 Å². The number of phenolic OH excluding ortho intramolecular Hbond substituents is 1. The fraction of sp³-hybridized carbons (Fsp3) is 0.263. The summed E-state index contributed by atoms with van der Waals surface area (Å²) in [6.45, 7) is 6.28. The van der Waals surface area contributed by atoms with Crippen molar-refractivity contribution in [1.29, 1.82) is 0 Å². The number of benzene rings is 2. The van der Waals surface area contributed by atoms with E-state index < -0.39 is 0 Å². The van der Waals surface area contributed by atoms with Gasteiger partial charge in [-0.25, -0.2) is 5.43 Å². The lowest BCUT2D eigenvalue weighted by atomic mass is 10.0. The highest BCUT2D eigenvalue weighted by molar-refractivity contribution is 5.84. The SMILES string of the molecule is CCOc1cc(/C=N/NC(=O)Cc2cc(C)ccc2C)ccc1O. The highest BCUT2D eigenvalue weighted by Crippen LogP contribution is 2.26. The Bertz CT molecular complexity index is 754. The van der Waals surface area contributed by atoms with Crippen LogP contribution in [0.25, 0.3) is 0 Å². The third kappa shape index (κ3) is 4.84. The Hall–Kier alpha value is -2.82. The average molecular weight is 326 g/mol. The number of hydrogen-bond donors (Lipinski definition) is 2. The van der Waals surface area contributed by atoms with Crippen LogP contribution in [0.2, 0.25) is 0 Å². The quantitative estimate of drug-likeness (QED) is 0.633. The van der Waals surface area contributed by atoms with Crippen molar-refractivity contribution in [1.82, 2.24) is 5.43 Å². The number of nitrogens with zero attached hydrogens (tertiary/aromatic N) is 1.